The van der Waals surface area contributed by atoms with E-state index in [0.717, 1.165) is 38.8 Å². The number of hydrogen-bond acceptors (Lipinski definition) is 4. The number of morpholine rings is 1. The molecular formula is C16H30N2O3. The van der Waals surface area contributed by atoms with Crippen molar-refractivity contribution in [3.63, 3.8) is 0 Å². The maximum Gasteiger partial charge on any atom is 0.323 e. The Balaban J connectivity index is 2.13. The molecule has 1 saturated heterocycles. The Morgan fingerprint density at radius 2 is 2.24 bits per heavy atom. The second-order valence-electron chi connectivity index (χ2n) is 6.57. The van der Waals surface area contributed by atoms with Crippen molar-refractivity contribution < 1.29 is 14.6 Å². The van der Waals surface area contributed by atoms with Crippen molar-refractivity contribution in [2.75, 3.05) is 19.7 Å². The van der Waals surface area contributed by atoms with Gasteiger partial charge in [-0.2, -0.15) is 0 Å². The summed E-state index contributed by atoms with van der Waals surface area (Å²) in [5.41, 5.74) is -0.739. The molecule has 0 aromatic heterocycles. The highest BCUT2D eigenvalue weighted by Crippen LogP contribution is 2.34. The molecular weight excluding hydrogens is 268 g/mol. The van der Waals surface area contributed by atoms with E-state index in [1.165, 1.54) is 0 Å². The van der Waals surface area contributed by atoms with Gasteiger partial charge in [-0.15, -0.1) is 0 Å². The van der Waals surface area contributed by atoms with Crippen LogP contribution in [-0.2, 0) is 9.53 Å². The quantitative estimate of drug-likeness (QED) is 0.811. The van der Waals surface area contributed by atoms with Crippen LogP contribution in [0.2, 0.25) is 0 Å². The Morgan fingerprint density at radius 1 is 1.48 bits per heavy atom. The van der Waals surface area contributed by atoms with Crippen LogP contribution in [0, 0.1) is 0 Å². The highest BCUT2D eigenvalue weighted by Gasteiger charge is 2.45. The zero-order valence-electron chi connectivity index (χ0n) is 13.6. The van der Waals surface area contributed by atoms with Crippen LogP contribution in [0.1, 0.15) is 52.9 Å². The fraction of sp³-hybridized carbons (Fsp3) is 0.938. The van der Waals surface area contributed by atoms with Crippen molar-refractivity contribution in [3.05, 3.63) is 0 Å². The lowest BCUT2D eigenvalue weighted by Crippen LogP contribution is -2.61. The third-order valence-corrected chi connectivity index (χ3v) is 5.10. The molecule has 1 aliphatic heterocycles. The number of rotatable bonds is 5. The summed E-state index contributed by atoms with van der Waals surface area (Å²) in [7, 11) is 0. The molecule has 0 spiro atoms. The topological polar surface area (TPSA) is 61.8 Å². The van der Waals surface area contributed by atoms with Crippen LogP contribution in [0.4, 0.5) is 0 Å². The smallest absolute Gasteiger partial charge is 0.323 e. The fourth-order valence-electron chi connectivity index (χ4n) is 3.97. The van der Waals surface area contributed by atoms with Crippen LogP contribution >= 0.6 is 0 Å². The van der Waals surface area contributed by atoms with Crippen LogP contribution in [-0.4, -0.2) is 59.4 Å². The number of carboxylic acid groups (broad SMARTS) is 1. The third kappa shape index (κ3) is 3.58. The van der Waals surface area contributed by atoms with Gasteiger partial charge in [0.15, 0.2) is 0 Å². The van der Waals surface area contributed by atoms with Gasteiger partial charge < -0.3 is 15.2 Å². The first-order valence-electron chi connectivity index (χ1n) is 8.38. The van der Waals surface area contributed by atoms with Crippen molar-refractivity contribution in [1.82, 2.24) is 10.2 Å². The normalized spacial score (nSPS) is 38.3. The van der Waals surface area contributed by atoms with Gasteiger partial charge in [0.25, 0.3) is 0 Å². The van der Waals surface area contributed by atoms with Crippen molar-refractivity contribution in [3.8, 4) is 0 Å². The van der Waals surface area contributed by atoms with E-state index in [1.54, 1.807) is 0 Å². The summed E-state index contributed by atoms with van der Waals surface area (Å²) in [5.74, 6) is -0.691. The largest absolute Gasteiger partial charge is 0.480 e. The summed E-state index contributed by atoms with van der Waals surface area (Å²) in [6.07, 6.45) is 4.83. The van der Waals surface area contributed by atoms with E-state index in [4.69, 9.17) is 4.74 Å². The van der Waals surface area contributed by atoms with Gasteiger partial charge in [0, 0.05) is 18.6 Å². The van der Waals surface area contributed by atoms with E-state index in [-0.39, 0.29) is 6.10 Å². The monoisotopic (exact) mass is 298 g/mol. The first-order valence-corrected chi connectivity index (χ1v) is 8.38. The molecule has 0 amide bonds. The first kappa shape index (κ1) is 16.7. The Kier molecular flexibility index (Phi) is 5.63. The van der Waals surface area contributed by atoms with E-state index in [9.17, 15) is 9.90 Å². The molecule has 0 aromatic rings. The molecule has 2 fully saturated rings. The number of nitrogens with one attached hydrogen (secondary N) is 1. The molecule has 2 rings (SSSR count). The second-order valence-corrected chi connectivity index (χ2v) is 6.57. The van der Waals surface area contributed by atoms with E-state index in [2.05, 4.69) is 24.1 Å². The minimum absolute atomic E-state index is 0.244. The second kappa shape index (κ2) is 7.07. The van der Waals surface area contributed by atoms with Crippen molar-refractivity contribution in [1.29, 1.82) is 0 Å². The lowest BCUT2D eigenvalue weighted by molar-refractivity contribution is -0.149. The lowest BCUT2D eigenvalue weighted by Gasteiger charge is -2.48. The van der Waals surface area contributed by atoms with Crippen LogP contribution in [0.3, 0.4) is 0 Å². The van der Waals surface area contributed by atoms with Gasteiger partial charge in [0.1, 0.15) is 5.54 Å². The minimum Gasteiger partial charge on any atom is -0.480 e. The van der Waals surface area contributed by atoms with Crippen LogP contribution in [0.15, 0.2) is 0 Å². The molecule has 4 atom stereocenters. The molecule has 21 heavy (non-hydrogen) atoms. The first-order chi connectivity index (χ1) is 10.0. The minimum atomic E-state index is -0.739. The third-order valence-electron chi connectivity index (χ3n) is 5.10. The summed E-state index contributed by atoms with van der Waals surface area (Å²) in [6.45, 7) is 8.68. The van der Waals surface area contributed by atoms with Crippen molar-refractivity contribution in [2.45, 2.75) is 76.6 Å². The van der Waals surface area contributed by atoms with Gasteiger partial charge in [-0.25, -0.2) is 0 Å². The molecule has 4 unspecified atom stereocenters. The maximum absolute atomic E-state index is 11.8. The SMILES string of the molecule is CCNC1(C(=O)O)CCCC(N2CC(C)OCC2CC)C1. The van der Waals surface area contributed by atoms with E-state index < -0.39 is 11.5 Å². The number of likely N-dealkylation sites (N-methyl/N-ethyl adjacent to an activating group) is 1. The maximum atomic E-state index is 11.8. The molecule has 1 heterocycles. The Morgan fingerprint density at radius 3 is 2.86 bits per heavy atom. The van der Waals surface area contributed by atoms with Crippen LogP contribution in [0.25, 0.3) is 0 Å². The van der Waals surface area contributed by atoms with Crippen LogP contribution in [0.5, 0.6) is 0 Å². The molecule has 5 heteroatoms. The number of nitrogens with zero attached hydrogens (tertiary/aromatic N) is 1. The highest BCUT2D eigenvalue weighted by atomic mass is 16.5. The van der Waals surface area contributed by atoms with E-state index >= 15 is 0 Å². The molecule has 1 aliphatic carbocycles. The molecule has 0 aromatic carbocycles. The Hall–Kier alpha value is -0.650. The van der Waals surface area contributed by atoms with Crippen LogP contribution < -0.4 is 5.32 Å². The van der Waals surface area contributed by atoms with E-state index in [0.29, 0.717) is 25.0 Å². The summed E-state index contributed by atoms with van der Waals surface area (Å²) < 4.78 is 5.78. The highest BCUT2D eigenvalue weighted by molar-refractivity contribution is 5.79. The number of hydrogen-bond donors (Lipinski definition) is 2. The predicted octanol–water partition coefficient (Wildman–Crippen LogP) is 1.86. The van der Waals surface area contributed by atoms with Gasteiger partial charge in [0.05, 0.1) is 12.7 Å². The summed E-state index contributed by atoms with van der Waals surface area (Å²) in [4.78, 5) is 14.3. The number of carboxylic acids is 1. The molecule has 2 N–H and O–H groups in total. The van der Waals surface area contributed by atoms with Gasteiger partial charge in [-0.3, -0.25) is 9.69 Å². The Labute approximate surface area is 128 Å². The molecule has 0 bridgehead atoms. The van der Waals surface area contributed by atoms with E-state index in [1.807, 2.05) is 6.92 Å². The molecule has 5 nitrogen and oxygen atoms in total. The average molecular weight is 298 g/mol. The van der Waals surface area contributed by atoms with Gasteiger partial charge in [-0.05, 0) is 45.6 Å². The van der Waals surface area contributed by atoms with Gasteiger partial charge in [0.2, 0.25) is 0 Å². The van der Waals surface area contributed by atoms with Gasteiger partial charge in [-0.1, -0.05) is 13.8 Å². The molecule has 1 saturated carbocycles. The molecule has 2 aliphatic rings. The predicted molar refractivity (Wildman–Crippen MR) is 82.5 cm³/mol. The molecule has 0 radical (unpaired) electrons. The fourth-order valence-corrected chi connectivity index (χ4v) is 3.97. The Bertz CT molecular complexity index is 359. The number of carbonyl (C=O) groups is 1. The molecule has 122 valence electrons. The summed E-state index contributed by atoms with van der Waals surface area (Å²) >= 11 is 0. The summed E-state index contributed by atoms with van der Waals surface area (Å²) in [6, 6.07) is 0.780. The van der Waals surface area contributed by atoms with Crippen molar-refractivity contribution >= 4 is 5.97 Å². The van der Waals surface area contributed by atoms with Crippen molar-refractivity contribution in [2.24, 2.45) is 0 Å². The number of aliphatic carboxylic acids is 1. The lowest BCUT2D eigenvalue weighted by atomic mass is 9.77. The number of ether oxygens (including phenoxy) is 1. The average Bonchev–Trinajstić information content (AvgIpc) is 2.47. The zero-order valence-corrected chi connectivity index (χ0v) is 13.6. The standard InChI is InChI=1S/C16H30N2O3/c1-4-13-11-21-12(3)10-18(13)14-7-6-8-16(9-14,15(19)20)17-5-2/h12-14,17H,4-11H2,1-3H3,(H,19,20). The zero-order chi connectivity index (χ0) is 15.5. The summed E-state index contributed by atoms with van der Waals surface area (Å²) in [5, 5.41) is 13.0. The van der Waals surface area contributed by atoms with Gasteiger partial charge >= 0.3 is 5.97 Å².